The maximum absolute atomic E-state index is 12.4. The van der Waals surface area contributed by atoms with E-state index in [0.29, 0.717) is 22.1 Å². The normalized spacial score (nSPS) is 16.2. The first-order valence-electron chi connectivity index (χ1n) is 7.59. The molecule has 1 fully saturated rings. The van der Waals surface area contributed by atoms with Gasteiger partial charge in [-0.05, 0) is 40.2 Å². The lowest BCUT2D eigenvalue weighted by Gasteiger charge is -2.13. The van der Waals surface area contributed by atoms with Crippen molar-refractivity contribution in [3.63, 3.8) is 0 Å². The highest BCUT2D eigenvalue weighted by atomic mass is 79.9. The Balaban J connectivity index is 1.79. The van der Waals surface area contributed by atoms with Crippen LogP contribution in [0.2, 0.25) is 0 Å². The highest BCUT2D eigenvalue weighted by Crippen LogP contribution is 2.22. The maximum Gasteiger partial charge on any atom is 0.347 e. The van der Waals surface area contributed by atoms with Gasteiger partial charge in [-0.1, -0.05) is 24.3 Å². The van der Waals surface area contributed by atoms with Crippen LogP contribution < -0.4 is 5.32 Å². The van der Waals surface area contributed by atoms with Crippen LogP contribution in [-0.4, -0.2) is 30.6 Å². The third-order valence-corrected chi connectivity index (χ3v) is 4.34. The van der Waals surface area contributed by atoms with Gasteiger partial charge in [-0.15, -0.1) is 0 Å². The fraction of sp³-hybridized carbons (Fsp3) is 0.167. The molecular formula is C18H14BrNO5. The standard InChI is InChI=1S/C18H14BrNO5/c19-13-7-3-1-5-11(13)16(21)20-14-8-4-2-6-12(14)17(22)25-15-9-10-24-18(15)23/h1-8,15H,9-10H2,(H,20,21)/t15-/m1/s1. The van der Waals surface area contributed by atoms with Gasteiger partial charge in [0.1, 0.15) is 0 Å². The number of nitrogens with one attached hydrogen (secondary N) is 1. The summed E-state index contributed by atoms with van der Waals surface area (Å²) in [4.78, 5) is 36.3. The lowest BCUT2D eigenvalue weighted by Crippen LogP contribution is -2.24. The smallest absolute Gasteiger partial charge is 0.347 e. The van der Waals surface area contributed by atoms with E-state index in [1.54, 1.807) is 42.5 Å². The number of hydrogen-bond acceptors (Lipinski definition) is 5. The van der Waals surface area contributed by atoms with Gasteiger partial charge in [-0.3, -0.25) is 4.79 Å². The van der Waals surface area contributed by atoms with E-state index in [1.165, 1.54) is 6.07 Å². The number of amides is 1. The molecule has 25 heavy (non-hydrogen) atoms. The van der Waals surface area contributed by atoms with E-state index >= 15 is 0 Å². The van der Waals surface area contributed by atoms with E-state index in [2.05, 4.69) is 21.2 Å². The van der Waals surface area contributed by atoms with Crippen molar-refractivity contribution < 1.29 is 23.9 Å². The van der Waals surface area contributed by atoms with Crippen molar-refractivity contribution in [2.75, 3.05) is 11.9 Å². The van der Waals surface area contributed by atoms with Crippen LogP contribution in [0.4, 0.5) is 5.69 Å². The minimum Gasteiger partial charge on any atom is -0.463 e. The zero-order chi connectivity index (χ0) is 17.8. The predicted octanol–water partition coefficient (Wildman–Crippen LogP) is 3.17. The van der Waals surface area contributed by atoms with Gasteiger partial charge in [0.2, 0.25) is 6.10 Å². The van der Waals surface area contributed by atoms with Crippen LogP contribution in [0.1, 0.15) is 27.1 Å². The average molecular weight is 404 g/mol. The summed E-state index contributed by atoms with van der Waals surface area (Å²) in [5.41, 5.74) is 0.910. The summed E-state index contributed by atoms with van der Waals surface area (Å²) in [5.74, 6) is -1.61. The molecule has 0 radical (unpaired) electrons. The fourth-order valence-corrected chi connectivity index (χ4v) is 2.85. The number of halogens is 1. The van der Waals surface area contributed by atoms with E-state index in [0.717, 1.165) is 0 Å². The number of carbonyl (C=O) groups excluding carboxylic acids is 3. The molecule has 6 nitrogen and oxygen atoms in total. The molecule has 0 aliphatic carbocycles. The van der Waals surface area contributed by atoms with Crippen molar-refractivity contribution in [3.8, 4) is 0 Å². The second kappa shape index (κ2) is 7.48. The van der Waals surface area contributed by atoms with E-state index < -0.39 is 18.0 Å². The molecule has 1 amide bonds. The van der Waals surface area contributed by atoms with Crippen LogP contribution >= 0.6 is 15.9 Å². The Bertz CT molecular complexity index is 836. The van der Waals surface area contributed by atoms with Crippen molar-refractivity contribution >= 4 is 39.5 Å². The van der Waals surface area contributed by atoms with Gasteiger partial charge in [-0.25, -0.2) is 9.59 Å². The Hall–Kier alpha value is -2.67. The van der Waals surface area contributed by atoms with Crippen molar-refractivity contribution in [1.29, 1.82) is 0 Å². The van der Waals surface area contributed by atoms with Crippen molar-refractivity contribution in [2.45, 2.75) is 12.5 Å². The molecule has 0 unspecified atom stereocenters. The Morgan fingerprint density at radius 2 is 1.76 bits per heavy atom. The second-order valence-electron chi connectivity index (χ2n) is 5.33. The van der Waals surface area contributed by atoms with Crippen molar-refractivity contribution in [3.05, 3.63) is 64.1 Å². The number of esters is 2. The molecular weight excluding hydrogens is 390 g/mol. The van der Waals surface area contributed by atoms with E-state index in [-0.39, 0.29) is 18.1 Å². The molecule has 2 aromatic carbocycles. The third-order valence-electron chi connectivity index (χ3n) is 3.65. The predicted molar refractivity (Wildman–Crippen MR) is 93.3 cm³/mol. The topological polar surface area (TPSA) is 81.7 Å². The summed E-state index contributed by atoms with van der Waals surface area (Å²) in [6, 6.07) is 13.4. The van der Waals surface area contributed by atoms with Crippen LogP contribution in [0, 0.1) is 0 Å². The van der Waals surface area contributed by atoms with Gasteiger partial charge in [0.25, 0.3) is 5.91 Å². The first kappa shape index (κ1) is 17.2. The van der Waals surface area contributed by atoms with Crippen LogP contribution in [-0.2, 0) is 14.3 Å². The van der Waals surface area contributed by atoms with Crippen LogP contribution in [0.5, 0.6) is 0 Å². The lowest BCUT2D eigenvalue weighted by atomic mass is 10.1. The summed E-state index contributed by atoms with van der Waals surface area (Å²) in [7, 11) is 0. The van der Waals surface area contributed by atoms with Gasteiger partial charge < -0.3 is 14.8 Å². The SMILES string of the molecule is O=C(Nc1ccccc1C(=O)O[C@@H]1CCOC1=O)c1ccccc1Br. The number of hydrogen-bond donors (Lipinski definition) is 1. The maximum atomic E-state index is 12.4. The zero-order valence-electron chi connectivity index (χ0n) is 13.0. The van der Waals surface area contributed by atoms with Gasteiger partial charge >= 0.3 is 11.9 Å². The highest BCUT2D eigenvalue weighted by molar-refractivity contribution is 9.10. The molecule has 1 aliphatic heterocycles. The summed E-state index contributed by atoms with van der Waals surface area (Å²) in [6.45, 7) is 0.233. The Kier molecular flexibility index (Phi) is 5.14. The molecule has 128 valence electrons. The van der Waals surface area contributed by atoms with Gasteiger partial charge in [0, 0.05) is 10.9 Å². The van der Waals surface area contributed by atoms with Crippen LogP contribution in [0.15, 0.2) is 53.0 Å². The van der Waals surface area contributed by atoms with Gasteiger partial charge in [0.05, 0.1) is 23.4 Å². The molecule has 0 bridgehead atoms. The fourth-order valence-electron chi connectivity index (χ4n) is 2.38. The molecule has 0 saturated carbocycles. The summed E-state index contributed by atoms with van der Waals surface area (Å²) in [6.07, 6.45) is -0.574. The quantitative estimate of drug-likeness (QED) is 0.792. The highest BCUT2D eigenvalue weighted by Gasteiger charge is 2.31. The number of anilines is 1. The van der Waals surface area contributed by atoms with E-state index in [9.17, 15) is 14.4 Å². The zero-order valence-corrected chi connectivity index (χ0v) is 14.6. The Morgan fingerprint density at radius 3 is 2.44 bits per heavy atom. The van der Waals surface area contributed by atoms with E-state index in [1.807, 2.05) is 0 Å². The molecule has 1 aliphatic rings. The molecule has 0 aromatic heterocycles. The third kappa shape index (κ3) is 3.88. The number of para-hydroxylation sites is 1. The molecule has 0 spiro atoms. The Labute approximate surface area is 152 Å². The first-order valence-corrected chi connectivity index (χ1v) is 8.38. The summed E-state index contributed by atoms with van der Waals surface area (Å²) < 4.78 is 10.6. The first-order chi connectivity index (χ1) is 12.1. The number of benzene rings is 2. The Morgan fingerprint density at radius 1 is 1.08 bits per heavy atom. The number of rotatable bonds is 4. The lowest BCUT2D eigenvalue weighted by molar-refractivity contribution is -0.145. The van der Waals surface area contributed by atoms with Crippen LogP contribution in [0.3, 0.4) is 0 Å². The minimum absolute atomic E-state index is 0.169. The molecule has 1 atom stereocenters. The number of cyclic esters (lactones) is 1. The average Bonchev–Trinajstić information content (AvgIpc) is 3.00. The monoisotopic (exact) mass is 403 g/mol. The summed E-state index contributed by atoms with van der Waals surface area (Å²) in [5, 5.41) is 2.70. The molecule has 1 heterocycles. The molecule has 7 heteroatoms. The minimum atomic E-state index is -0.903. The van der Waals surface area contributed by atoms with Crippen molar-refractivity contribution in [2.24, 2.45) is 0 Å². The van der Waals surface area contributed by atoms with E-state index in [4.69, 9.17) is 9.47 Å². The molecule has 2 aromatic rings. The van der Waals surface area contributed by atoms with Gasteiger partial charge in [0.15, 0.2) is 0 Å². The summed E-state index contributed by atoms with van der Waals surface area (Å²) >= 11 is 3.32. The van der Waals surface area contributed by atoms with Gasteiger partial charge in [-0.2, -0.15) is 0 Å². The number of ether oxygens (including phenoxy) is 2. The second-order valence-corrected chi connectivity index (χ2v) is 6.18. The number of carbonyl (C=O) groups is 3. The molecule has 3 rings (SSSR count). The molecule has 1 saturated heterocycles. The largest absolute Gasteiger partial charge is 0.463 e. The molecule has 1 N–H and O–H groups in total. The van der Waals surface area contributed by atoms with Crippen molar-refractivity contribution in [1.82, 2.24) is 0 Å². The van der Waals surface area contributed by atoms with Crippen LogP contribution in [0.25, 0.3) is 0 Å².